The monoisotopic (exact) mass is 286 g/mol. The van der Waals surface area contributed by atoms with Gasteiger partial charge in [0.15, 0.2) is 9.84 Å². The molecule has 2 rings (SSSR count). The Balaban J connectivity index is 2.33. The molecular weight excluding hydrogens is 275 g/mol. The number of nitrogens with one attached hydrogen (secondary N) is 1. The molecule has 102 valence electrons. The Morgan fingerprint density at radius 1 is 1.47 bits per heavy atom. The molecule has 1 aliphatic heterocycles. The molecule has 0 aliphatic carbocycles. The van der Waals surface area contributed by atoms with Crippen LogP contribution in [0.15, 0.2) is 23.6 Å². The largest absolute Gasteiger partial charge is 0.372 e. The van der Waals surface area contributed by atoms with Crippen LogP contribution >= 0.6 is 0 Å². The van der Waals surface area contributed by atoms with Crippen LogP contribution in [0.25, 0.3) is 0 Å². The number of sulfone groups is 1. The van der Waals surface area contributed by atoms with Crippen molar-refractivity contribution in [2.24, 2.45) is 0 Å². The average Bonchev–Trinajstić information content (AvgIpc) is 2.62. The first kappa shape index (κ1) is 13.5. The molecular formula is C11H11FN2O4S. The SMILES string of the molecule is Cc1cc(NC2C=CS(=O)(=O)C2)c([N+](=O)[O-])cc1F. The molecule has 1 aromatic carbocycles. The second kappa shape index (κ2) is 4.61. The Labute approximate surface area is 109 Å². The van der Waals surface area contributed by atoms with Gasteiger partial charge >= 0.3 is 0 Å². The minimum Gasteiger partial charge on any atom is -0.372 e. The highest BCUT2D eigenvalue weighted by Gasteiger charge is 2.25. The standard InChI is InChI=1S/C11H11FN2O4S/c1-7-4-10(11(14(15)16)5-9(7)12)13-8-2-3-19(17,18)6-8/h2-5,8,13H,6H2,1H3. The third kappa shape index (κ3) is 2.90. The quantitative estimate of drug-likeness (QED) is 0.675. The predicted octanol–water partition coefficient (Wildman–Crippen LogP) is 1.76. The Kier molecular flexibility index (Phi) is 3.27. The van der Waals surface area contributed by atoms with Crippen LogP contribution in [-0.4, -0.2) is 25.1 Å². The van der Waals surface area contributed by atoms with Gasteiger partial charge in [0.2, 0.25) is 0 Å². The Bertz CT molecular complexity index is 670. The maximum Gasteiger partial charge on any atom is 0.295 e. The van der Waals surface area contributed by atoms with Crippen molar-refractivity contribution in [2.45, 2.75) is 13.0 Å². The summed E-state index contributed by atoms with van der Waals surface area (Å²) in [7, 11) is -3.25. The van der Waals surface area contributed by atoms with Crippen molar-refractivity contribution in [2.75, 3.05) is 11.1 Å². The van der Waals surface area contributed by atoms with E-state index in [-0.39, 0.29) is 17.0 Å². The summed E-state index contributed by atoms with van der Waals surface area (Å²) in [6.45, 7) is 1.48. The van der Waals surface area contributed by atoms with E-state index in [1.165, 1.54) is 19.1 Å². The third-order valence-electron chi connectivity index (χ3n) is 2.74. The van der Waals surface area contributed by atoms with Gasteiger partial charge in [0.25, 0.3) is 5.69 Å². The van der Waals surface area contributed by atoms with E-state index < -0.39 is 32.3 Å². The summed E-state index contributed by atoms with van der Waals surface area (Å²) in [5.74, 6) is -0.840. The molecule has 19 heavy (non-hydrogen) atoms. The molecule has 0 aromatic heterocycles. The summed E-state index contributed by atoms with van der Waals surface area (Å²) in [6.07, 6.45) is 1.41. The van der Waals surface area contributed by atoms with Gasteiger partial charge in [-0.3, -0.25) is 10.1 Å². The van der Waals surface area contributed by atoms with Gasteiger partial charge in [0.05, 0.1) is 22.8 Å². The summed E-state index contributed by atoms with van der Waals surface area (Å²) < 4.78 is 35.8. The van der Waals surface area contributed by atoms with Gasteiger partial charge < -0.3 is 5.32 Å². The number of nitrogens with zero attached hydrogens (tertiary/aromatic N) is 1. The fourth-order valence-electron chi connectivity index (χ4n) is 1.80. The van der Waals surface area contributed by atoms with E-state index in [0.717, 1.165) is 11.5 Å². The van der Waals surface area contributed by atoms with Crippen molar-refractivity contribution in [1.29, 1.82) is 0 Å². The van der Waals surface area contributed by atoms with Gasteiger partial charge in [0, 0.05) is 5.41 Å². The lowest BCUT2D eigenvalue weighted by Crippen LogP contribution is -2.21. The second-order valence-corrected chi connectivity index (χ2v) is 6.22. The fourth-order valence-corrected chi connectivity index (χ4v) is 3.04. The van der Waals surface area contributed by atoms with Crippen LogP contribution in [-0.2, 0) is 9.84 Å². The molecule has 0 saturated carbocycles. The number of aryl methyl sites for hydroxylation is 1. The van der Waals surface area contributed by atoms with Crippen molar-refractivity contribution in [3.63, 3.8) is 0 Å². The van der Waals surface area contributed by atoms with E-state index in [9.17, 15) is 22.9 Å². The van der Waals surface area contributed by atoms with Gasteiger partial charge in [0.1, 0.15) is 11.5 Å². The van der Waals surface area contributed by atoms with E-state index in [1.807, 2.05) is 0 Å². The number of nitro groups is 1. The van der Waals surface area contributed by atoms with Crippen molar-refractivity contribution in [3.8, 4) is 0 Å². The first-order valence-corrected chi connectivity index (χ1v) is 7.12. The first-order chi connectivity index (χ1) is 8.78. The van der Waals surface area contributed by atoms with Crippen LogP contribution in [0.2, 0.25) is 0 Å². The summed E-state index contributed by atoms with van der Waals surface area (Å²) in [4.78, 5) is 10.1. The molecule has 0 fully saturated rings. The van der Waals surface area contributed by atoms with E-state index in [1.54, 1.807) is 0 Å². The molecule has 6 nitrogen and oxygen atoms in total. The topological polar surface area (TPSA) is 89.3 Å². The number of anilines is 1. The van der Waals surface area contributed by atoms with Crippen molar-refractivity contribution in [3.05, 3.63) is 45.1 Å². The Hall–Kier alpha value is -1.96. The number of hydrogen-bond acceptors (Lipinski definition) is 5. The van der Waals surface area contributed by atoms with E-state index >= 15 is 0 Å². The van der Waals surface area contributed by atoms with E-state index in [2.05, 4.69) is 5.32 Å². The number of hydrogen-bond donors (Lipinski definition) is 1. The summed E-state index contributed by atoms with van der Waals surface area (Å²) >= 11 is 0. The summed E-state index contributed by atoms with van der Waals surface area (Å²) in [5, 5.41) is 14.7. The maximum atomic E-state index is 13.3. The molecule has 1 atom stereocenters. The minimum atomic E-state index is -3.25. The maximum absolute atomic E-state index is 13.3. The van der Waals surface area contributed by atoms with Crippen molar-refractivity contribution in [1.82, 2.24) is 0 Å². The molecule has 8 heteroatoms. The molecule has 1 aromatic rings. The normalized spacial score (nSPS) is 20.4. The highest BCUT2D eigenvalue weighted by atomic mass is 32.2. The average molecular weight is 286 g/mol. The molecule has 0 spiro atoms. The van der Waals surface area contributed by atoms with Crippen LogP contribution < -0.4 is 5.32 Å². The molecule has 0 amide bonds. The van der Waals surface area contributed by atoms with Gasteiger partial charge in [-0.05, 0) is 18.6 Å². The zero-order valence-electron chi connectivity index (χ0n) is 9.96. The molecule has 1 unspecified atom stereocenters. The lowest BCUT2D eigenvalue weighted by Gasteiger charge is -2.12. The summed E-state index contributed by atoms with van der Waals surface area (Å²) in [5.41, 5.74) is -0.0608. The van der Waals surface area contributed by atoms with E-state index in [0.29, 0.717) is 0 Å². The number of halogens is 1. The van der Waals surface area contributed by atoms with Crippen LogP contribution in [0.1, 0.15) is 5.56 Å². The first-order valence-electron chi connectivity index (χ1n) is 5.40. The molecule has 0 saturated heterocycles. The van der Waals surface area contributed by atoms with Gasteiger partial charge in [-0.2, -0.15) is 0 Å². The molecule has 1 N–H and O–H groups in total. The molecule has 1 heterocycles. The van der Waals surface area contributed by atoms with E-state index in [4.69, 9.17) is 0 Å². The molecule has 1 aliphatic rings. The highest BCUT2D eigenvalue weighted by molar-refractivity contribution is 7.94. The van der Waals surface area contributed by atoms with Crippen LogP contribution in [0.5, 0.6) is 0 Å². The number of benzene rings is 1. The lowest BCUT2D eigenvalue weighted by atomic mass is 10.1. The lowest BCUT2D eigenvalue weighted by molar-refractivity contribution is -0.384. The smallest absolute Gasteiger partial charge is 0.295 e. The molecule has 0 radical (unpaired) electrons. The Morgan fingerprint density at radius 3 is 2.68 bits per heavy atom. The highest BCUT2D eigenvalue weighted by Crippen LogP contribution is 2.29. The van der Waals surface area contributed by atoms with Crippen LogP contribution in [0.4, 0.5) is 15.8 Å². The fraction of sp³-hybridized carbons (Fsp3) is 0.273. The minimum absolute atomic E-state index is 0.107. The number of nitro benzene ring substituents is 1. The second-order valence-electron chi connectivity index (χ2n) is 4.28. The van der Waals surface area contributed by atoms with Crippen molar-refractivity contribution >= 4 is 21.2 Å². The molecule has 0 bridgehead atoms. The van der Waals surface area contributed by atoms with Gasteiger partial charge in [-0.25, -0.2) is 12.8 Å². The Morgan fingerprint density at radius 2 is 2.16 bits per heavy atom. The van der Waals surface area contributed by atoms with Gasteiger partial charge in [-0.15, -0.1) is 0 Å². The zero-order valence-corrected chi connectivity index (χ0v) is 10.8. The van der Waals surface area contributed by atoms with Gasteiger partial charge in [-0.1, -0.05) is 6.08 Å². The van der Waals surface area contributed by atoms with Crippen LogP contribution in [0, 0.1) is 22.9 Å². The van der Waals surface area contributed by atoms with Crippen molar-refractivity contribution < 1.29 is 17.7 Å². The third-order valence-corrected chi connectivity index (χ3v) is 4.14. The number of rotatable bonds is 3. The predicted molar refractivity (Wildman–Crippen MR) is 68.1 cm³/mol. The van der Waals surface area contributed by atoms with Crippen LogP contribution in [0.3, 0.4) is 0 Å². The summed E-state index contributed by atoms with van der Waals surface area (Å²) in [6, 6.07) is 1.57. The zero-order chi connectivity index (χ0) is 14.2.